The van der Waals surface area contributed by atoms with Gasteiger partial charge in [0.25, 0.3) is 0 Å². The van der Waals surface area contributed by atoms with E-state index in [1.807, 2.05) is 0 Å². The highest BCUT2D eigenvalue weighted by atomic mass is 79.9. The molecule has 0 radical (unpaired) electrons. The molecule has 1 aliphatic heterocycles. The highest BCUT2D eigenvalue weighted by Gasteiger charge is 2.45. The van der Waals surface area contributed by atoms with Gasteiger partial charge in [0.05, 0.1) is 19.8 Å². The van der Waals surface area contributed by atoms with Crippen LogP contribution in [0.25, 0.3) is 0 Å². The summed E-state index contributed by atoms with van der Waals surface area (Å²) in [4.78, 5) is 11.9. The highest BCUT2D eigenvalue weighted by molar-refractivity contribution is 9.10. The van der Waals surface area contributed by atoms with Crippen LogP contribution >= 0.6 is 15.9 Å². The number of benzene rings is 1. The van der Waals surface area contributed by atoms with E-state index in [4.69, 9.17) is 4.74 Å². The quantitative estimate of drug-likeness (QED) is 0.853. The molecule has 19 heavy (non-hydrogen) atoms. The topological polar surface area (TPSA) is 58.6 Å². The Balaban J connectivity index is 1.86. The third kappa shape index (κ3) is 3.13. The second-order valence-corrected chi connectivity index (χ2v) is 5.59. The Bertz CT molecular complexity index is 471. The summed E-state index contributed by atoms with van der Waals surface area (Å²) >= 11 is 3.28. The molecule has 1 heterocycles. The Kier molecular flexibility index (Phi) is 4.54. The molecule has 0 saturated carbocycles. The van der Waals surface area contributed by atoms with Crippen molar-refractivity contribution in [3.05, 3.63) is 34.1 Å². The Morgan fingerprint density at radius 1 is 1.53 bits per heavy atom. The predicted molar refractivity (Wildman–Crippen MR) is 71.2 cm³/mol. The molecule has 0 bridgehead atoms. The summed E-state index contributed by atoms with van der Waals surface area (Å²) in [6, 6.07) is 4.70. The fraction of sp³-hybridized carbons (Fsp3) is 0.462. The number of hydrogen-bond acceptors (Lipinski definition) is 3. The highest BCUT2D eigenvalue weighted by Crippen LogP contribution is 2.26. The van der Waals surface area contributed by atoms with Crippen LogP contribution < -0.4 is 5.32 Å². The normalized spacial score (nSPS) is 16.8. The second-order valence-electron chi connectivity index (χ2n) is 4.67. The lowest BCUT2D eigenvalue weighted by atomic mass is 9.86. The number of nitrogens with one attached hydrogen (secondary N) is 1. The molecular weight excluding hydrogens is 317 g/mol. The Labute approximate surface area is 119 Å². The smallest absolute Gasteiger partial charge is 0.233 e. The van der Waals surface area contributed by atoms with E-state index in [-0.39, 0.29) is 31.5 Å². The summed E-state index contributed by atoms with van der Waals surface area (Å²) in [7, 11) is 0. The fourth-order valence-corrected chi connectivity index (χ4v) is 2.28. The lowest BCUT2D eigenvalue weighted by Crippen LogP contribution is -2.56. The number of aliphatic hydroxyl groups excluding tert-OH is 1. The van der Waals surface area contributed by atoms with Crippen LogP contribution in [0.15, 0.2) is 22.7 Å². The maximum Gasteiger partial charge on any atom is 0.233 e. The molecule has 2 N–H and O–H groups in total. The van der Waals surface area contributed by atoms with E-state index in [9.17, 15) is 14.3 Å². The predicted octanol–water partition coefficient (Wildman–Crippen LogP) is 1.26. The summed E-state index contributed by atoms with van der Waals surface area (Å²) in [5.41, 5.74) is -0.270. The van der Waals surface area contributed by atoms with Crippen LogP contribution in [-0.2, 0) is 16.0 Å². The van der Waals surface area contributed by atoms with Gasteiger partial charge in [0.1, 0.15) is 11.2 Å². The van der Waals surface area contributed by atoms with Crippen LogP contribution in [0, 0.1) is 11.2 Å². The van der Waals surface area contributed by atoms with Crippen LogP contribution in [0.1, 0.15) is 5.56 Å². The van der Waals surface area contributed by atoms with Crippen molar-refractivity contribution in [2.45, 2.75) is 6.42 Å². The molecule has 0 unspecified atom stereocenters. The molecule has 1 fully saturated rings. The van der Waals surface area contributed by atoms with Crippen molar-refractivity contribution in [1.29, 1.82) is 0 Å². The van der Waals surface area contributed by atoms with Crippen LogP contribution in [0.5, 0.6) is 0 Å². The van der Waals surface area contributed by atoms with Gasteiger partial charge in [0.15, 0.2) is 0 Å². The van der Waals surface area contributed by atoms with Gasteiger partial charge >= 0.3 is 0 Å². The SMILES string of the molecule is O=C(NCCc1cc(Br)ccc1F)C1(CO)COC1. The lowest BCUT2D eigenvalue weighted by Gasteiger charge is -2.38. The minimum absolute atomic E-state index is 0.232. The number of amides is 1. The number of hydrogen-bond donors (Lipinski definition) is 2. The third-order valence-electron chi connectivity index (χ3n) is 3.23. The maximum absolute atomic E-state index is 13.5. The zero-order valence-corrected chi connectivity index (χ0v) is 11.9. The molecular formula is C13H15BrFNO3. The molecule has 0 spiro atoms. The molecule has 1 aromatic carbocycles. The molecule has 1 aliphatic rings. The molecule has 6 heteroatoms. The van der Waals surface area contributed by atoms with E-state index in [0.29, 0.717) is 18.5 Å². The summed E-state index contributed by atoms with van der Waals surface area (Å²) in [5, 5.41) is 11.9. The number of aliphatic hydroxyl groups is 1. The zero-order chi connectivity index (χ0) is 13.9. The average Bonchev–Trinajstić information content (AvgIpc) is 2.33. The Hall–Kier alpha value is -0.980. The minimum atomic E-state index is -0.810. The number of rotatable bonds is 5. The summed E-state index contributed by atoms with van der Waals surface area (Å²) in [5.74, 6) is -0.530. The molecule has 1 amide bonds. The van der Waals surface area contributed by atoms with Gasteiger partial charge in [0, 0.05) is 11.0 Å². The van der Waals surface area contributed by atoms with E-state index in [1.165, 1.54) is 6.07 Å². The van der Waals surface area contributed by atoms with Crippen molar-refractivity contribution in [2.24, 2.45) is 5.41 Å². The van der Waals surface area contributed by atoms with Gasteiger partial charge in [-0.05, 0) is 30.2 Å². The van der Waals surface area contributed by atoms with Gasteiger partial charge in [-0.25, -0.2) is 4.39 Å². The van der Waals surface area contributed by atoms with Gasteiger partial charge in [-0.15, -0.1) is 0 Å². The van der Waals surface area contributed by atoms with Gasteiger partial charge < -0.3 is 15.2 Å². The van der Waals surface area contributed by atoms with E-state index >= 15 is 0 Å². The van der Waals surface area contributed by atoms with Gasteiger partial charge in [-0.1, -0.05) is 15.9 Å². The van der Waals surface area contributed by atoms with Gasteiger partial charge in [0.2, 0.25) is 5.91 Å². The van der Waals surface area contributed by atoms with Crippen molar-refractivity contribution in [3.8, 4) is 0 Å². The van der Waals surface area contributed by atoms with E-state index in [0.717, 1.165) is 4.47 Å². The summed E-state index contributed by atoms with van der Waals surface area (Å²) < 4.78 is 19.2. The molecule has 0 aliphatic carbocycles. The number of halogens is 2. The average molecular weight is 332 g/mol. The van der Waals surface area contributed by atoms with Crippen LogP contribution in [0.3, 0.4) is 0 Å². The number of carbonyl (C=O) groups excluding carboxylic acids is 1. The zero-order valence-electron chi connectivity index (χ0n) is 10.3. The second kappa shape index (κ2) is 5.98. The Morgan fingerprint density at radius 2 is 2.26 bits per heavy atom. The molecule has 0 atom stereocenters. The fourth-order valence-electron chi connectivity index (χ4n) is 1.88. The maximum atomic E-state index is 13.5. The van der Waals surface area contributed by atoms with Crippen LogP contribution in [-0.4, -0.2) is 37.4 Å². The van der Waals surface area contributed by atoms with Gasteiger partial charge in [-0.2, -0.15) is 0 Å². The van der Waals surface area contributed by atoms with E-state index in [1.54, 1.807) is 12.1 Å². The van der Waals surface area contributed by atoms with Crippen molar-refractivity contribution in [1.82, 2.24) is 5.32 Å². The number of carbonyl (C=O) groups is 1. The first-order valence-electron chi connectivity index (χ1n) is 5.98. The first kappa shape index (κ1) is 14.4. The Morgan fingerprint density at radius 3 is 2.84 bits per heavy atom. The van der Waals surface area contributed by atoms with Crippen molar-refractivity contribution >= 4 is 21.8 Å². The summed E-state index contributed by atoms with van der Waals surface area (Å²) in [6.45, 7) is 0.569. The van der Waals surface area contributed by atoms with Crippen LogP contribution in [0.2, 0.25) is 0 Å². The molecule has 1 aromatic rings. The van der Waals surface area contributed by atoms with Crippen molar-refractivity contribution < 1.29 is 19.0 Å². The van der Waals surface area contributed by atoms with E-state index in [2.05, 4.69) is 21.2 Å². The monoisotopic (exact) mass is 331 g/mol. The van der Waals surface area contributed by atoms with E-state index < -0.39 is 5.41 Å². The molecule has 104 valence electrons. The third-order valence-corrected chi connectivity index (χ3v) is 3.72. The first-order valence-corrected chi connectivity index (χ1v) is 6.77. The molecule has 1 saturated heterocycles. The summed E-state index contributed by atoms with van der Waals surface area (Å²) in [6.07, 6.45) is 0.402. The van der Waals surface area contributed by atoms with Crippen molar-refractivity contribution in [2.75, 3.05) is 26.4 Å². The van der Waals surface area contributed by atoms with Crippen LogP contribution in [0.4, 0.5) is 4.39 Å². The minimum Gasteiger partial charge on any atom is -0.395 e. The van der Waals surface area contributed by atoms with Gasteiger partial charge in [-0.3, -0.25) is 4.79 Å². The lowest BCUT2D eigenvalue weighted by molar-refractivity contribution is -0.169. The largest absolute Gasteiger partial charge is 0.395 e. The first-order chi connectivity index (χ1) is 9.07. The molecule has 4 nitrogen and oxygen atoms in total. The standard InChI is InChI=1S/C13H15BrFNO3/c14-10-1-2-11(15)9(5-10)3-4-16-12(18)13(6-17)7-19-8-13/h1-2,5,17H,3-4,6-8H2,(H,16,18). The molecule has 0 aromatic heterocycles. The number of ether oxygens (including phenoxy) is 1. The van der Waals surface area contributed by atoms with Crippen molar-refractivity contribution in [3.63, 3.8) is 0 Å². The molecule has 2 rings (SSSR count).